The van der Waals surface area contributed by atoms with E-state index in [0.29, 0.717) is 5.92 Å². The van der Waals surface area contributed by atoms with Crippen LogP contribution in [0.15, 0.2) is 24.7 Å². The molecule has 0 atom stereocenters. The standard InChI is InChI=1S/C10H9N3/c1-2-7(1)8-3-4-9-10(13-8)5-11-6-12-9/h3-7H,1-2H2. The van der Waals surface area contributed by atoms with Gasteiger partial charge in [-0.1, -0.05) is 0 Å². The Labute approximate surface area is 75.9 Å². The first-order valence-corrected chi connectivity index (χ1v) is 4.50. The first kappa shape index (κ1) is 6.95. The van der Waals surface area contributed by atoms with Crippen LogP contribution in [0.4, 0.5) is 0 Å². The number of fused-ring (bicyclic) bond motifs is 1. The molecule has 0 aromatic carbocycles. The number of nitrogens with zero attached hydrogens (tertiary/aromatic N) is 3. The highest BCUT2D eigenvalue weighted by Crippen LogP contribution is 2.39. The van der Waals surface area contributed by atoms with E-state index < -0.39 is 0 Å². The predicted molar refractivity (Wildman–Crippen MR) is 49.3 cm³/mol. The average Bonchev–Trinajstić information content (AvgIpc) is 3.00. The van der Waals surface area contributed by atoms with Crippen molar-refractivity contribution in [2.75, 3.05) is 0 Å². The van der Waals surface area contributed by atoms with Crippen LogP contribution in [-0.2, 0) is 0 Å². The van der Waals surface area contributed by atoms with Crippen molar-refractivity contribution in [1.82, 2.24) is 15.0 Å². The first-order valence-electron chi connectivity index (χ1n) is 4.50. The number of hydrogen-bond acceptors (Lipinski definition) is 3. The Bertz CT molecular complexity index is 449. The fourth-order valence-corrected chi connectivity index (χ4v) is 1.49. The minimum atomic E-state index is 0.699. The molecule has 13 heavy (non-hydrogen) atoms. The molecule has 1 saturated carbocycles. The molecule has 2 aromatic rings. The third kappa shape index (κ3) is 1.16. The lowest BCUT2D eigenvalue weighted by Gasteiger charge is -1.98. The lowest BCUT2D eigenvalue weighted by Crippen LogP contribution is -1.89. The Kier molecular flexibility index (Phi) is 1.33. The maximum absolute atomic E-state index is 4.51. The summed E-state index contributed by atoms with van der Waals surface area (Å²) in [6, 6.07) is 4.10. The SMILES string of the molecule is c1ncc2nc(C3CC3)ccc2n1. The van der Waals surface area contributed by atoms with Gasteiger partial charge >= 0.3 is 0 Å². The molecule has 0 unspecified atom stereocenters. The van der Waals surface area contributed by atoms with Crippen molar-refractivity contribution in [3.63, 3.8) is 0 Å². The molecule has 0 saturated heterocycles. The highest BCUT2D eigenvalue weighted by molar-refractivity contribution is 5.72. The van der Waals surface area contributed by atoms with Gasteiger partial charge in [0.05, 0.1) is 11.7 Å². The zero-order valence-electron chi connectivity index (χ0n) is 7.14. The van der Waals surface area contributed by atoms with Gasteiger partial charge in [-0.15, -0.1) is 0 Å². The Hall–Kier alpha value is -1.51. The van der Waals surface area contributed by atoms with E-state index in [9.17, 15) is 0 Å². The largest absolute Gasteiger partial charge is 0.249 e. The Morgan fingerprint density at radius 3 is 2.92 bits per heavy atom. The monoisotopic (exact) mass is 171 g/mol. The Balaban J connectivity index is 2.21. The van der Waals surface area contributed by atoms with E-state index in [1.165, 1.54) is 18.5 Å². The summed E-state index contributed by atoms with van der Waals surface area (Å²) in [6.07, 6.45) is 5.90. The van der Waals surface area contributed by atoms with Gasteiger partial charge in [-0.25, -0.2) is 15.0 Å². The molecule has 3 nitrogen and oxygen atoms in total. The fourth-order valence-electron chi connectivity index (χ4n) is 1.49. The van der Waals surface area contributed by atoms with Crippen molar-refractivity contribution in [3.05, 3.63) is 30.4 Å². The summed E-state index contributed by atoms with van der Waals surface area (Å²) in [6.45, 7) is 0. The van der Waals surface area contributed by atoms with Crippen molar-refractivity contribution in [1.29, 1.82) is 0 Å². The van der Waals surface area contributed by atoms with Gasteiger partial charge in [0.15, 0.2) is 0 Å². The van der Waals surface area contributed by atoms with Crippen LogP contribution in [0.2, 0.25) is 0 Å². The van der Waals surface area contributed by atoms with E-state index in [2.05, 4.69) is 21.0 Å². The zero-order chi connectivity index (χ0) is 8.67. The summed E-state index contributed by atoms with van der Waals surface area (Å²) in [5.41, 5.74) is 3.04. The lowest BCUT2D eigenvalue weighted by molar-refractivity contribution is 1.04. The van der Waals surface area contributed by atoms with Gasteiger partial charge in [0.1, 0.15) is 11.8 Å². The summed E-state index contributed by atoms with van der Waals surface area (Å²) in [4.78, 5) is 12.6. The van der Waals surface area contributed by atoms with E-state index in [4.69, 9.17) is 0 Å². The second-order valence-corrected chi connectivity index (χ2v) is 3.44. The van der Waals surface area contributed by atoms with Crippen molar-refractivity contribution < 1.29 is 0 Å². The molecule has 3 heteroatoms. The molecule has 0 amide bonds. The normalized spacial score (nSPS) is 16.3. The van der Waals surface area contributed by atoms with E-state index in [-0.39, 0.29) is 0 Å². The van der Waals surface area contributed by atoms with Gasteiger partial charge < -0.3 is 0 Å². The van der Waals surface area contributed by atoms with Gasteiger partial charge in [0.2, 0.25) is 0 Å². The highest BCUT2D eigenvalue weighted by Gasteiger charge is 2.24. The molecule has 3 rings (SSSR count). The van der Waals surface area contributed by atoms with Crippen LogP contribution in [0.25, 0.3) is 11.0 Å². The third-order valence-corrected chi connectivity index (χ3v) is 2.38. The zero-order valence-corrected chi connectivity index (χ0v) is 7.14. The maximum Gasteiger partial charge on any atom is 0.116 e. The van der Waals surface area contributed by atoms with E-state index >= 15 is 0 Å². The molecule has 1 aliphatic carbocycles. The lowest BCUT2D eigenvalue weighted by atomic mass is 10.2. The van der Waals surface area contributed by atoms with Crippen molar-refractivity contribution in [3.8, 4) is 0 Å². The molecular formula is C10H9N3. The average molecular weight is 171 g/mol. The number of hydrogen-bond donors (Lipinski definition) is 0. The van der Waals surface area contributed by atoms with Gasteiger partial charge in [0, 0.05) is 11.6 Å². The van der Waals surface area contributed by atoms with E-state index in [0.717, 1.165) is 11.0 Å². The minimum Gasteiger partial charge on any atom is -0.249 e. The van der Waals surface area contributed by atoms with Gasteiger partial charge in [-0.2, -0.15) is 0 Å². The van der Waals surface area contributed by atoms with Crippen LogP contribution in [0.1, 0.15) is 24.5 Å². The van der Waals surface area contributed by atoms with Crippen molar-refractivity contribution in [2.45, 2.75) is 18.8 Å². The van der Waals surface area contributed by atoms with Crippen LogP contribution >= 0.6 is 0 Å². The molecule has 0 aliphatic heterocycles. The number of aromatic nitrogens is 3. The third-order valence-electron chi connectivity index (χ3n) is 2.38. The van der Waals surface area contributed by atoms with Crippen LogP contribution in [-0.4, -0.2) is 15.0 Å². The Morgan fingerprint density at radius 2 is 2.08 bits per heavy atom. The molecule has 1 fully saturated rings. The number of pyridine rings is 1. The molecule has 0 radical (unpaired) electrons. The van der Waals surface area contributed by atoms with Crippen molar-refractivity contribution >= 4 is 11.0 Å². The van der Waals surface area contributed by atoms with E-state index in [1.807, 2.05) is 6.07 Å². The summed E-state index contributed by atoms with van der Waals surface area (Å²) >= 11 is 0. The van der Waals surface area contributed by atoms with Gasteiger partial charge in [0.25, 0.3) is 0 Å². The summed E-state index contributed by atoms with van der Waals surface area (Å²) < 4.78 is 0. The Morgan fingerprint density at radius 1 is 1.15 bits per heavy atom. The van der Waals surface area contributed by atoms with Crippen LogP contribution in [0.5, 0.6) is 0 Å². The quantitative estimate of drug-likeness (QED) is 0.657. The molecule has 0 bridgehead atoms. The van der Waals surface area contributed by atoms with E-state index in [1.54, 1.807) is 12.5 Å². The maximum atomic E-state index is 4.51. The second-order valence-electron chi connectivity index (χ2n) is 3.44. The van der Waals surface area contributed by atoms with Crippen molar-refractivity contribution in [2.24, 2.45) is 0 Å². The highest BCUT2D eigenvalue weighted by atomic mass is 14.9. The fraction of sp³-hybridized carbons (Fsp3) is 0.300. The molecular weight excluding hydrogens is 162 g/mol. The molecule has 2 heterocycles. The van der Waals surface area contributed by atoms with Crippen LogP contribution in [0, 0.1) is 0 Å². The number of rotatable bonds is 1. The van der Waals surface area contributed by atoms with Crippen LogP contribution < -0.4 is 0 Å². The second kappa shape index (κ2) is 2.49. The molecule has 2 aromatic heterocycles. The molecule has 0 N–H and O–H groups in total. The summed E-state index contributed by atoms with van der Waals surface area (Å²) in [7, 11) is 0. The minimum absolute atomic E-state index is 0.699. The molecule has 1 aliphatic rings. The topological polar surface area (TPSA) is 38.7 Å². The van der Waals surface area contributed by atoms with Crippen LogP contribution in [0.3, 0.4) is 0 Å². The van der Waals surface area contributed by atoms with Gasteiger partial charge in [-0.3, -0.25) is 0 Å². The summed E-state index contributed by atoms with van der Waals surface area (Å²) in [5.74, 6) is 0.699. The smallest absolute Gasteiger partial charge is 0.116 e. The molecule has 0 spiro atoms. The van der Waals surface area contributed by atoms with Gasteiger partial charge in [-0.05, 0) is 25.0 Å². The predicted octanol–water partition coefficient (Wildman–Crippen LogP) is 1.90. The molecule has 64 valence electrons. The summed E-state index contributed by atoms with van der Waals surface area (Å²) in [5, 5.41) is 0. The first-order chi connectivity index (χ1) is 6.43.